The number of allylic oxidation sites excluding steroid dienone is 1. The van der Waals surface area contributed by atoms with Crippen LogP contribution >= 0.6 is 0 Å². The minimum atomic E-state index is 0.0315. The van der Waals surface area contributed by atoms with Gasteiger partial charge in [-0.3, -0.25) is 0 Å². The average molecular weight is 307 g/mol. The van der Waals surface area contributed by atoms with Crippen LogP contribution in [0.1, 0.15) is 50.3 Å². The van der Waals surface area contributed by atoms with Crippen LogP contribution in [-0.4, -0.2) is 27.3 Å². The lowest BCUT2D eigenvalue weighted by molar-refractivity contribution is -0.0210. The second kappa shape index (κ2) is 6.85. The van der Waals surface area contributed by atoms with Crippen molar-refractivity contribution in [2.45, 2.75) is 44.4 Å². The van der Waals surface area contributed by atoms with E-state index in [2.05, 4.69) is 44.2 Å². The van der Waals surface area contributed by atoms with Gasteiger partial charge in [-0.1, -0.05) is 30.3 Å². The van der Waals surface area contributed by atoms with Gasteiger partial charge in [0.15, 0.2) is 0 Å². The molecule has 0 bridgehead atoms. The zero-order valence-electron chi connectivity index (χ0n) is 13.1. The Morgan fingerprint density at radius 1 is 1.35 bits per heavy atom. The molecule has 1 aliphatic rings. The van der Waals surface area contributed by atoms with Gasteiger partial charge in [-0.25, -0.2) is 0 Å². The van der Waals surface area contributed by atoms with E-state index in [9.17, 15) is 0 Å². The summed E-state index contributed by atoms with van der Waals surface area (Å²) in [7, 11) is 1.80. The maximum absolute atomic E-state index is 6.07. The van der Waals surface area contributed by atoms with Gasteiger partial charge in [0.05, 0.1) is 11.3 Å². The molecule has 2 rings (SSSR count). The molecule has 4 heteroatoms. The monoisotopic (exact) mass is 306 g/mol. The molecule has 110 valence electrons. The van der Waals surface area contributed by atoms with Crippen molar-refractivity contribution in [2.24, 2.45) is 0 Å². The van der Waals surface area contributed by atoms with Gasteiger partial charge in [-0.2, -0.15) is 0 Å². The summed E-state index contributed by atoms with van der Waals surface area (Å²) >= 11 is 0. The number of benzene rings is 1. The molecule has 1 saturated heterocycles. The molecule has 20 heavy (non-hydrogen) atoms. The summed E-state index contributed by atoms with van der Waals surface area (Å²) in [6.07, 6.45) is 5.92. The van der Waals surface area contributed by atoms with Crippen molar-refractivity contribution >= 4 is 20.7 Å². The van der Waals surface area contributed by atoms with E-state index in [0.717, 1.165) is 27.3 Å². The summed E-state index contributed by atoms with van der Waals surface area (Å²) in [5, 5.41) is 0.0315. The van der Waals surface area contributed by atoms with Crippen molar-refractivity contribution in [2.75, 3.05) is 6.61 Å². The third-order valence-electron chi connectivity index (χ3n) is 4.40. The second-order valence-electron chi connectivity index (χ2n) is 5.81. The van der Waals surface area contributed by atoms with Gasteiger partial charge in [0, 0.05) is 16.8 Å². The van der Waals surface area contributed by atoms with E-state index in [1.165, 1.54) is 36.0 Å². The van der Waals surface area contributed by atoms with Crippen molar-refractivity contribution in [1.82, 2.24) is 0 Å². The molecule has 0 aromatic heterocycles. The van der Waals surface area contributed by atoms with Crippen LogP contribution in [0.15, 0.2) is 35.9 Å². The maximum Gasteiger partial charge on any atom is 0.147 e. The molecule has 1 heterocycles. The lowest BCUT2D eigenvalue weighted by Gasteiger charge is -2.35. The zero-order chi connectivity index (χ0) is 14.6. The molecule has 2 nitrogen and oxygen atoms in total. The predicted octanol–water partition coefficient (Wildman–Crippen LogP) is 1.71. The third kappa shape index (κ3) is 3.31. The van der Waals surface area contributed by atoms with Crippen LogP contribution in [0.25, 0.3) is 0 Å². The summed E-state index contributed by atoms with van der Waals surface area (Å²) in [4.78, 5) is 0. The summed E-state index contributed by atoms with van der Waals surface area (Å²) in [5.41, 5.74) is 3.88. The highest BCUT2D eigenvalue weighted by Gasteiger charge is 2.29. The third-order valence-corrected chi connectivity index (χ3v) is 6.23. The van der Waals surface area contributed by atoms with E-state index < -0.39 is 0 Å². The second-order valence-corrected chi connectivity index (χ2v) is 7.89. The molecule has 2 unspecified atom stereocenters. The Hall–Kier alpha value is -0.686. The van der Waals surface area contributed by atoms with Crippen LogP contribution in [0.2, 0.25) is 0 Å². The molecule has 0 saturated carbocycles. The molecular formula is C16H26O2Si2. The molecule has 1 aromatic rings. The molecule has 1 aliphatic heterocycles. The Kier molecular flexibility index (Phi) is 5.37. The van der Waals surface area contributed by atoms with E-state index in [0.29, 0.717) is 0 Å². The number of hydrogen-bond donors (Lipinski definition) is 0. The number of ether oxygens (including phenoxy) is 1. The van der Waals surface area contributed by atoms with Gasteiger partial charge in [0.2, 0.25) is 0 Å². The summed E-state index contributed by atoms with van der Waals surface area (Å²) in [6, 6.07) is 8.90. The lowest BCUT2D eigenvalue weighted by Crippen LogP contribution is -2.33. The van der Waals surface area contributed by atoms with Crippen molar-refractivity contribution in [3.05, 3.63) is 47.0 Å². The molecule has 0 aliphatic carbocycles. The molecule has 0 N–H and O–H groups in total. The molecule has 1 fully saturated rings. The van der Waals surface area contributed by atoms with Gasteiger partial charge >= 0.3 is 0 Å². The van der Waals surface area contributed by atoms with Crippen molar-refractivity contribution in [3.8, 4) is 0 Å². The standard InChI is InChI=1S/C16H26O2Si2/c1-3-12(2)15(18-20)13-6-8-14(9-7-13)16(19)10-4-5-11-17-16/h3,6-9,15H,4-5,10-11H2,1-2,19-20H3. The minimum absolute atomic E-state index is 0.0315. The van der Waals surface area contributed by atoms with Gasteiger partial charge in [-0.15, -0.1) is 0 Å². The fraction of sp³-hybridized carbons (Fsp3) is 0.500. The minimum Gasteiger partial charge on any atom is -0.417 e. The highest BCUT2D eigenvalue weighted by Crippen LogP contribution is 2.33. The Labute approximate surface area is 128 Å². The Morgan fingerprint density at radius 2 is 2.05 bits per heavy atom. The fourth-order valence-corrected chi connectivity index (χ4v) is 4.44. The number of hydrogen-bond acceptors (Lipinski definition) is 2. The highest BCUT2D eigenvalue weighted by atomic mass is 28.2. The van der Waals surface area contributed by atoms with Crippen LogP contribution in [0.4, 0.5) is 0 Å². The van der Waals surface area contributed by atoms with Crippen LogP contribution in [0.5, 0.6) is 0 Å². The number of rotatable bonds is 4. The summed E-state index contributed by atoms with van der Waals surface area (Å²) < 4.78 is 11.8. The van der Waals surface area contributed by atoms with Crippen molar-refractivity contribution < 1.29 is 9.16 Å². The molecule has 2 atom stereocenters. The van der Waals surface area contributed by atoms with Crippen molar-refractivity contribution in [1.29, 1.82) is 0 Å². The molecule has 0 spiro atoms. The first-order chi connectivity index (χ1) is 9.60. The largest absolute Gasteiger partial charge is 0.417 e. The molecule has 1 aromatic carbocycles. The van der Waals surface area contributed by atoms with E-state index in [1.54, 1.807) is 0 Å². The van der Waals surface area contributed by atoms with Gasteiger partial charge in [0.25, 0.3) is 0 Å². The summed E-state index contributed by atoms with van der Waals surface area (Å²) in [6.45, 7) is 5.12. The molecule has 0 radical (unpaired) electrons. The molecular weight excluding hydrogens is 280 g/mol. The van der Waals surface area contributed by atoms with E-state index in [-0.39, 0.29) is 11.3 Å². The van der Waals surface area contributed by atoms with Gasteiger partial charge in [-0.05, 0) is 49.8 Å². The van der Waals surface area contributed by atoms with Gasteiger partial charge < -0.3 is 9.16 Å². The first kappa shape index (κ1) is 15.7. The first-order valence-electron chi connectivity index (χ1n) is 7.51. The summed E-state index contributed by atoms with van der Waals surface area (Å²) in [5.74, 6) is 0. The van der Waals surface area contributed by atoms with E-state index >= 15 is 0 Å². The van der Waals surface area contributed by atoms with Crippen LogP contribution in [-0.2, 0) is 14.4 Å². The predicted molar refractivity (Wildman–Crippen MR) is 91.1 cm³/mol. The van der Waals surface area contributed by atoms with Gasteiger partial charge in [0.1, 0.15) is 10.5 Å². The first-order valence-corrected chi connectivity index (χ1v) is 9.32. The smallest absolute Gasteiger partial charge is 0.147 e. The SMILES string of the molecule is CC=C(C)C(O[SiH3])c1ccc(C2([SiH3])CCCCO2)cc1. The highest BCUT2D eigenvalue weighted by molar-refractivity contribution is 6.14. The molecule has 0 amide bonds. The fourth-order valence-electron chi connectivity index (χ4n) is 2.91. The average Bonchev–Trinajstić information content (AvgIpc) is 2.49. The topological polar surface area (TPSA) is 18.5 Å². The normalized spacial score (nSPS) is 25.8. The van der Waals surface area contributed by atoms with Crippen LogP contribution < -0.4 is 0 Å². The maximum atomic E-state index is 6.07. The van der Waals surface area contributed by atoms with Crippen molar-refractivity contribution in [3.63, 3.8) is 0 Å². The Morgan fingerprint density at radius 3 is 2.55 bits per heavy atom. The van der Waals surface area contributed by atoms with E-state index in [1.807, 2.05) is 0 Å². The lowest BCUT2D eigenvalue weighted by atomic mass is 9.96. The van der Waals surface area contributed by atoms with E-state index in [4.69, 9.17) is 9.16 Å². The van der Waals surface area contributed by atoms with Crippen LogP contribution in [0, 0.1) is 0 Å². The Bertz CT molecular complexity index is 462. The zero-order valence-corrected chi connectivity index (χ0v) is 17.1. The van der Waals surface area contributed by atoms with Crippen LogP contribution in [0.3, 0.4) is 0 Å². The Balaban J connectivity index is 2.21. The quantitative estimate of drug-likeness (QED) is 0.623.